The molecule has 8 atom stereocenters. The first-order valence-corrected chi connectivity index (χ1v) is 20.6. The smallest absolute Gasteiger partial charge is 0.408 e. The van der Waals surface area contributed by atoms with Gasteiger partial charge in [-0.15, -0.1) is 0 Å². The molecule has 4 N–H and O–H groups in total. The van der Waals surface area contributed by atoms with E-state index < -0.39 is 61.4 Å². The van der Waals surface area contributed by atoms with Gasteiger partial charge in [0.05, 0.1) is 12.1 Å². The predicted molar refractivity (Wildman–Crippen MR) is 218 cm³/mol. The normalized spacial score (nSPS) is 26.0. The summed E-state index contributed by atoms with van der Waals surface area (Å²) < 4.78 is 21.9. The fraction of sp³-hybridized carbons (Fsp3) is 0.391. The highest BCUT2D eigenvalue weighted by atomic mass is 16.6. The van der Waals surface area contributed by atoms with Crippen molar-refractivity contribution in [3.8, 4) is 0 Å². The van der Waals surface area contributed by atoms with Gasteiger partial charge in [0.15, 0.2) is 12.6 Å². The Morgan fingerprint density at radius 2 is 0.867 bits per heavy atom. The third-order valence-corrected chi connectivity index (χ3v) is 11.2. The second kappa shape index (κ2) is 20.4. The van der Waals surface area contributed by atoms with E-state index in [9.17, 15) is 29.4 Å². The van der Waals surface area contributed by atoms with Crippen molar-refractivity contribution >= 4 is 24.0 Å². The van der Waals surface area contributed by atoms with Crippen molar-refractivity contribution in [2.75, 3.05) is 0 Å². The number of amides is 4. The molecular formula is C46H52N4O10. The summed E-state index contributed by atoms with van der Waals surface area (Å²) in [6.45, 7) is 0.275. The minimum atomic E-state index is -1.05. The summed E-state index contributed by atoms with van der Waals surface area (Å²) in [6, 6.07) is 35.7. The molecule has 14 nitrogen and oxygen atoms in total. The highest BCUT2D eigenvalue weighted by molar-refractivity contribution is 5.87. The number of hydrogen-bond donors (Lipinski definition) is 4. The number of carbonyl (C=O) groups excluding carboxylic acids is 4. The third-order valence-electron chi connectivity index (χ3n) is 11.2. The number of fused-ring (bicyclic) bond motifs is 2. The van der Waals surface area contributed by atoms with Gasteiger partial charge >= 0.3 is 12.2 Å². The second-order valence-electron chi connectivity index (χ2n) is 15.3. The van der Waals surface area contributed by atoms with E-state index in [4.69, 9.17) is 18.9 Å². The Balaban J connectivity index is 0.000000181. The number of nitrogens with one attached hydrogen (secondary N) is 2. The van der Waals surface area contributed by atoms with E-state index in [1.165, 1.54) is 0 Å². The molecule has 60 heavy (non-hydrogen) atoms. The average Bonchev–Trinajstić information content (AvgIpc) is 3.63. The molecule has 4 aliphatic heterocycles. The maximum Gasteiger partial charge on any atom is 0.408 e. The third kappa shape index (κ3) is 10.9. The number of hydrogen-bond acceptors (Lipinski definition) is 10. The molecule has 8 rings (SSSR count). The van der Waals surface area contributed by atoms with Crippen LogP contribution in [0.25, 0.3) is 0 Å². The van der Waals surface area contributed by atoms with Crippen LogP contribution in [-0.2, 0) is 54.6 Å². The number of alkyl carbamates (subject to hydrolysis) is 2. The maximum atomic E-state index is 13.2. The van der Waals surface area contributed by atoms with Gasteiger partial charge in [0, 0.05) is 0 Å². The van der Waals surface area contributed by atoms with Crippen molar-refractivity contribution in [2.24, 2.45) is 0 Å². The van der Waals surface area contributed by atoms with E-state index in [0.717, 1.165) is 22.3 Å². The van der Waals surface area contributed by atoms with Gasteiger partial charge in [-0.3, -0.25) is 9.59 Å². The molecule has 0 radical (unpaired) electrons. The minimum Gasteiger partial charge on any atom is -0.445 e. The number of aliphatic hydroxyl groups excluding tert-OH is 2. The first-order valence-electron chi connectivity index (χ1n) is 20.6. The summed E-state index contributed by atoms with van der Waals surface area (Å²) in [7, 11) is 0. The SMILES string of the molecule is O=C(N[C@H]1CCC[C@H]2O[C@@H](O)[C@H](Cc3ccccc3)N2C1=O)OCc1ccccc1.O=C(N[C@H]1CCC[C@H]2O[C@H](O)[C@@H](Cc3ccccc3)N2C1=O)OCc1ccccc1. The fourth-order valence-corrected chi connectivity index (χ4v) is 8.15. The van der Waals surface area contributed by atoms with Gasteiger partial charge in [-0.2, -0.15) is 0 Å². The zero-order valence-electron chi connectivity index (χ0n) is 33.3. The lowest BCUT2D eigenvalue weighted by Gasteiger charge is -2.29. The lowest BCUT2D eigenvalue weighted by atomic mass is 10.0. The summed E-state index contributed by atoms with van der Waals surface area (Å²) in [5, 5.41) is 26.3. The summed E-state index contributed by atoms with van der Waals surface area (Å²) in [6.07, 6.45) is 0.275. The number of rotatable bonds is 10. The standard InChI is InChI=1S/2C23H26N2O5/c2*26-21-18(24-23(28)29-15-17-10-5-2-6-11-17)12-7-13-20-25(21)19(22(27)30-20)14-16-8-3-1-4-9-16/h2*1-6,8-11,18-20,22,27H,7,12-15H2,(H,24,28)/t18-,19+,20+,22-;18-,19-,20+,22+/m00/s1. The van der Waals surface area contributed by atoms with Crippen LogP contribution in [0.15, 0.2) is 121 Å². The van der Waals surface area contributed by atoms with Gasteiger partial charge in [-0.1, -0.05) is 121 Å². The molecule has 316 valence electrons. The average molecular weight is 821 g/mol. The van der Waals surface area contributed by atoms with Crippen LogP contribution in [0, 0.1) is 0 Å². The van der Waals surface area contributed by atoms with Crippen LogP contribution in [0.4, 0.5) is 9.59 Å². The molecule has 0 saturated carbocycles. The van der Waals surface area contributed by atoms with Gasteiger partial charge in [-0.05, 0) is 73.6 Å². The molecule has 4 heterocycles. The van der Waals surface area contributed by atoms with E-state index in [1.807, 2.05) is 121 Å². The van der Waals surface area contributed by atoms with E-state index in [2.05, 4.69) is 10.6 Å². The molecule has 14 heteroatoms. The quantitative estimate of drug-likeness (QED) is 0.167. The monoisotopic (exact) mass is 820 g/mol. The van der Waals surface area contributed by atoms with Crippen molar-refractivity contribution in [1.29, 1.82) is 0 Å². The van der Waals surface area contributed by atoms with Gasteiger partial charge in [-0.25, -0.2) is 9.59 Å². The fourth-order valence-electron chi connectivity index (χ4n) is 8.15. The Labute approximate surface area is 349 Å². The molecule has 4 aromatic carbocycles. The maximum absolute atomic E-state index is 13.2. The largest absolute Gasteiger partial charge is 0.445 e. The Morgan fingerprint density at radius 1 is 0.533 bits per heavy atom. The molecule has 0 aromatic heterocycles. The Hall–Kier alpha value is -5.80. The van der Waals surface area contributed by atoms with Crippen LogP contribution >= 0.6 is 0 Å². The molecule has 4 amide bonds. The zero-order chi connectivity index (χ0) is 41.8. The van der Waals surface area contributed by atoms with Crippen LogP contribution < -0.4 is 10.6 Å². The second-order valence-corrected chi connectivity index (χ2v) is 15.3. The highest BCUT2D eigenvalue weighted by Gasteiger charge is 2.48. The highest BCUT2D eigenvalue weighted by Crippen LogP contribution is 2.33. The topological polar surface area (TPSA) is 176 Å². The molecule has 4 fully saturated rings. The molecule has 4 saturated heterocycles. The summed E-state index contributed by atoms with van der Waals surface area (Å²) in [4.78, 5) is 54.3. The van der Waals surface area contributed by atoms with E-state index in [1.54, 1.807) is 9.80 Å². The van der Waals surface area contributed by atoms with Crippen molar-refractivity contribution in [3.05, 3.63) is 144 Å². The van der Waals surface area contributed by atoms with Gasteiger partial charge in [0.1, 0.15) is 37.8 Å². The van der Waals surface area contributed by atoms with Gasteiger partial charge in [0.2, 0.25) is 11.8 Å². The van der Waals surface area contributed by atoms with E-state index in [0.29, 0.717) is 51.4 Å². The molecule has 4 aromatic rings. The van der Waals surface area contributed by atoms with E-state index in [-0.39, 0.29) is 25.0 Å². The van der Waals surface area contributed by atoms with Crippen molar-refractivity contribution in [3.63, 3.8) is 0 Å². The van der Waals surface area contributed by atoms with Gasteiger partial charge in [0.25, 0.3) is 0 Å². The van der Waals surface area contributed by atoms with Crippen LogP contribution in [0.1, 0.15) is 60.8 Å². The van der Waals surface area contributed by atoms with Crippen LogP contribution in [-0.4, -0.2) is 93.2 Å². The summed E-state index contributed by atoms with van der Waals surface area (Å²) in [5.41, 5.74) is 3.77. The number of aliphatic hydroxyl groups is 2. The summed E-state index contributed by atoms with van der Waals surface area (Å²) >= 11 is 0. The first-order chi connectivity index (χ1) is 29.2. The van der Waals surface area contributed by atoms with Crippen LogP contribution in [0.5, 0.6) is 0 Å². The zero-order valence-corrected chi connectivity index (χ0v) is 33.3. The molecule has 4 aliphatic rings. The Kier molecular flexibility index (Phi) is 14.4. The molecule has 0 bridgehead atoms. The molecule has 0 spiro atoms. The van der Waals surface area contributed by atoms with Crippen molar-refractivity contribution in [1.82, 2.24) is 20.4 Å². The van der Waals surface area contributed by atoms with Crippen LogP contribution in [0.2, 0.25) is 0 Å². The van der Waals surface area contributed by atoms with Crippen molar-refractivity contribution < 1.29 is 48.3 Å². The predicted octanol–water partition coefficient (Wildman–Crippen LogP) is 5.16. The number of benzene rings is 4. The van der Waals surface area contributed by atoms with Crippen molar-refractivity contribution in [2.45, 2.75) is 114 Å². The van der Waals surface area contributed by atoms with E-state index >= 15 is 0 Å². The number of nitrogens with zero attached hydrogens (tertiary/aromatic N) is 2. The Morgan fingerprint density at radius 3 is 1.22 bits per heavy atom. The number of carbonyl (C=O) groups is 4. The minimum absolute atomic E-state index is 0.137. The lowest BCUT2D eigenvalue weighted by molar-refractivity contribution is -0.140. The number of ether oxygens (including phenoxy) is 4. The molecule has 0 unspecified atom stereocenters. The molecular weight excluding hydrogens is 769 g/mol. The first kappa shape index (κ1) is 42.3. The molecule has 0 aliphatic carbocycles. The van der Waals surface area contributed by atoms with Crippen LogP contribution in [0.3, 0.4) is 0 Å². The Bertz CT molecular complexity index is 1870. The summed E-state index contributed by atoms with van der Waals surface area (Å²) in [5.74, 6) is -0.488. The van der Waals surface area contributed by atoms with Gasteiger partial charge < -0.3 is 49.6 Å². The lowest BCUT2D eigenvalue weighted by Crippen LogP contribution is -2.52.